The molecule has 2 rings (SSSR count). The van der Waals surface area contributed by atoms with E-state index in [1.165, 1.54) is 12.0 Å². The summed E-state index contributed by atoms with van der Waals surface area (Å²) in [4.78, 5) is 0. The van der Waals surface area contributed by atoms with Crippen LogP contribution in [0.2, 0.25) is 0 Å². The van der Waals surface area contributed by atoms with Gasteiger partial charge in [0, 0.05) is 0 Å². The van der Waals surface area contributed by atoms with Crippen molar-refractivity contribution in [3.8, 4) is 5.75 Å². The molecule has 1 aliphatic rings. The molecule has 0 spiro atoms. The van der Waals surface area contributed by atoms with Crippen LogP contribution in [0.5, 0.6) is 5.75 Å². The molecule has 0 saturated carbocycles. The minimum absolute atomic E-state index is 0.241. The Kier molecular flexibility index (Phi) is 2.00. The van der Waals surface area contributed by atoms with Crippen molar-refractivity contribution in [2.24, 2.45) is 10.2 Å². The molecule has 1 aromatic rings. The van der Waals surface area contributed by atoms with Crippen molar-refractivity contribution in [1.82, 2.24) is 0 Å². The monoisotopic (exact) mass is 176 g/mol. The number of rotatable bonds is 3. The first-order valence-corrected chi connectivity index (χ1v) is 4.59. The zero-order chi connectivity index (χ0) is 9.26. The molecule has 0 radical (unpaired) electrons. The van der Waals surface area contributed by atoms with Crippen molar-refractivity contribution in [2.75, 3.05) is 0 Å². The topological polar surface area (TPSA) is 45.0 Å². The summed E-state index contributed by atoms with van der Waals surface area (Å²) in [5.41, 5.74) is 2.74. The molecule has 0 unspecified atom stereocenters. The summed E-state index contributed by atoms with van der Waals surface area (Å²) in [6.07, 6.45) is 3.36. The lowest BCUT2D eigenvalue weighted by Gasteiger charge is -2.13. The molecule has 1 aliphatic heterocycles. The Morgan fingerprint density at radius 2 is 2.00 bits per heavy atom. The molecule has 13 heavy (non-hydrogen) atoms. The van der Waals surface area contributed by atoms with E-state index in [1.807, 2.05) is 6.07 Å². The molecule has 0 amide bonds. The molecule has 68 valence electrons. The van der Waals surface area contributed by atoms with E-state index in [1.54, 1.807) is 6.07 Å². The lowest BCUT2D eigenvalue weighted by molar-refractivity contribution is 0.475. The first-order valence-electron chi connectivity index (χ1n) is 4.59. The lowest BCUT2D eigenvalue weighted by atomic mass is 10.0. The molecule has 0 aromatic heterocycles. The highest BCUT2D eigenvalue weighted by atomic mass is 16.3. The lowest BCUT2D eigenvalue weighted by Crippen LogP contribution is -1.89. The summed E-state index contributed by atoms with van der Waals surface area (Å²) in [6.45, 7) is 2.16. The molecule has 0 atom stereocenters. The van der Waals surface area contributed by atoms with Gasteiger partial charge in [-0.05, 0) is 24.5 Å². The van der Waals surface area contributed by atoms with Gasteiger partial charge in [0.1, 0.15) is 11.4 Å². The Balaban J connectivity index is 2.25. The summed E-state index contributed by atoms with van der Waals surface area (Å²) >= 11 is 0. The fourth-order valence-corrected chi connectivity index (χ4v) is 1.45. The van der Waals surface area contributed by atoms with E-state index < -0.39 is 0 Å². The van der Waals surface area contributed by atoms with Crippen molar-refractivity contribution in [2.45, 2.75) is 26.2 Å². The standard InChI is InChI=1S/C10H12N2O/c1-2-3-4-7-5-6-8(13)10-9(7)11-12-10/h5-6,13H,2-4H2,1H3. The van der Waals surface area contributed by atoms with Crippen LogP contribution >= 0.6 is 0 Å². The number of azo groups is 1. The van der Waals surface area contributed by atoms with Gasteiger partial charge in [0.25, 0.3) is 0 Å². The van der Waals surface area contributed by atoms with Gasteiger partial charge in [-0.3, -0.25) is 0 Å². The summed E-state index contributed by atoms with van der Waals surface area (Å²) in [5, 5.41) is 17.0. The number of hydrogen-bond donors (Lipinski definition) is 1. The predicted molar refractivity (Wildman–Crippen MR) is 50.9 cm³/mol. The van der Waals surface area contributed by atoms with Crippen LogP contribution in [0.4, 0.5) is 11.4 Å². The van der Waals surface area contributed by atoms with Crippen molar-refractivity contribution in [1.29, 1.82) is 0 Å². The Bertz CT molecular complexity index is 358. The van der Waals surface area contributed by atoms with E-state index in [0.717, 1.165) is 18.5 Å². The van der Waals surface area contributed by atoms with Crippen LogP contribution in [0.25, 0.3) is 0 Å². The van der Waals surface area contributed by atoms with Gasteiger partial charge in [-0.25, -0.2) is 0 Å². The quantitative estimate of drug-likeness (QED) is 0.764. The Morgan fingerprint density at radius 3 is 2.62 bits per heavy atom. The molecule has 3 heteroatoms. The van der Waals surface area contributed by atoms with E-state index in [0.29, 0.717) is 5.69 Å². The van der Waals surface area contributed by atoms with Crippen molar-refractivity contribution < 1.29 is 5.11 Å². The van der Waals surface area contributed by atoms with Gasteiger partial charge in [0.2, 0.25) is 0 Å². The van der Waals surface area contributed by atoms with E-state index in [4.69, 9.17) is 0 Å². The van der Waals surface area contributed by atoms with E-state index in [2.05, 4.69) is 17.2 Å². The zero-order valence-electron chi connectivity index (χ0n) is 7.62. The highest BCUT2D eigenvalue weighted by Crippen LogP contribution is 2.47. The van der Waals surface area contributed by atoms with Gasteiger partial charge in [-0.1, -0.05) is 19.4 Å². The van der Waals surface area contributed by atoms with Crippen LogP contribution in [0.3, 0.4) is 0 Å². The minimum Gasteiger partial charge on any atom is -0.506 e. The molecule has 1 N–H and O–H groups in total. The van der Waals surface area contributed by atoms with Crippen LogP contribution in [0, 0.1) is 0 Å². The second-order valence-corrected chi connectivity index (χ2v) is 3.24. The van der Waals surface area contributed by atoms with Crippen molar-refractivity contribution in [3.05, 3.63) is 17.7 Å². The first-order chi connectivity index (χ1) is 6.33. The third-order valence-corrected chi connectivity index (χ3v) is 2.26. The third kappa shape index (κ3) is 1.30. The number of nitrogens with zero attached hydrogens (tertiary/aromatic N) is 2. The normalized spacial score (nSPS) is 12.4. The predicted octanol–water partition coefficient (Wildman–Crippen LogP) is 3.46. The molecular weight excluding hydrogens is 164 g/mol. The molecule has 0 fully saturated rings. The van der Waals surface area contributed by atoms with Crippen molar-refractivity contribution >= 4 is 11.4 Å². The number of hydrogen-bond acceptors (Lipinski definition) is 3. The Labute approximate surface area is 77.1 Å². The molecular formula is C10H12N2O. The van der Waals surface area contributed by atoms with Crippen LogP contribution in [0.1, 0.15) is 25.3 Å². The third-order valence-electron chi connectivity index (χ3n) is 2.26. The highest BCUT2D eigenvalue weighted by Gasteiger charge is 2.18. The van der Waals surface area contributed by atoms with Gasteiger partial charge in [0.15, 0.2) is 5.69 Å². The highest BCUT2D eigenvalue weighted by molar-refractivity contribution is 5.76. The molecule has 1 heterocycles. The number of benzene rings is 1. The van der Waals surface area contributed by atoms with E-state index in [-0.39, 0.29) is 5.75 Å². The molecule has 3 nitrogen and oxygen atoms in total. The molecule has 0 bridgehead atoms. The van der Waals surface area contributed by atoms with E-state index in [9.17, 15) is 5.11 Å². The van der Waals surface area contributed by atoms with Gasteiger partial charge in [0.05, 0.1) is 0 Å². The van der Waals surface area contributed by atoms with Crippen LogP contribution in [0.15, 0.2) is 22.4 Å². The zero-order valence-corrected chi connectivity index (χ0v) is 7.62. The molecule has 0 aliphatic carbocycles. The average Bonchev–Trinajstić information content (AvgIpc) is 2.05. The van der Waals surface area contributed by atoms with Crippen molar-refractivity contribution in [3.63, 3.8) is 0 Å². The Hall–Kier alpha value is -1.38. The van der Waals surface area contributed by atoms with Crippen LogP contribution < -0.4 is 0 Å². The van der Waals surface area contributed by atoms with E-state index >= 15 is 0 Å². The summed E-state index contributed by atoms with van der Waals surface area (Å²) in [5.74, 6) is 0.241. The summed E-state index contributed by atoms with van der Waals surface area (Å²) < 4.78 is 0. The Morgan fingerprint density at radius 1 is 1.23 bits per heavy atom. The number of unbranched alkanes of at least 4 members (excludes halogenated alkanes) is 1. The minimum atomic E-state index is 0.241. The van der Waals surface area contributed by atoms with Crippen LogP contribution in [-0.4, -0.2) is 5.11 Å². The second-order valence-electron chi connectivity index (χ2n) is 3.24. The molecule has 0 saturated heterocycles. The van der Waals surface area contributed by atoms with Gasteiger partial charge < -0.3 is 5.11 Å². The smallest absolute Gasteiger partial charge is 0.155 e. The maximum atomic E-state index is 9.35. The number of fused-ring (bicyclic) bond motifs is 1. The fourth-order valence-electron chi connectivity index (χ4n) is 1.45. The van der Waals surface area contributed by atoms with Gasteiger partial charge in [-0.2, -0.15) is 0 Å². The maximum absolute atomic E-state index is 9.35. The number of phenolic OH excluding ortho intramolecular Hbond substituents is 1. The number of aryl methyl sites for hydroxylation is 1. The first kappa shape index (κ1) is 8.23. The number of phenols is 1. The maximum Gasteiger partial charge on any atom is 0.155 e. The molecule has 1 aromatic carbocycles. The second kappa shape index (κ2) is 3.17. The SMILES string of the molecule is CCCCc1ccc(O)c2c1N=N2. The number of aromatic hydroxyl groups is 1. The summed E-state index contributed by atoms with van der Waals surface area (Å²) in [6, 6.07) is 3.63. The summed E-state index contributed by atoms with van der Waals surface area (Å²) in [7, 11) is 0. The van der Waals surface area contributed by atoms with Gasteiger partial charge >= 0.3 is 0 Å². The van der Waals surface area contributed by atoms with Crippen LogP contribution in [-0.2, 0) is 6.42 Å². The fraction of sp³-hybridized carbons (Fsp3) is 0.400. The largest absolute Gasteiger partial charge is 0.506 e. The van der Waals surface area contributed by atoms with Gasteiger partial charge in [-0.15, -0.1) is 10.2 Å². The average molecular weight is 176 g/mol.